The predicted octanol–water partition coefficient (Wildman–Crippen LogP) is 3.55. The molecule has 2 rings (SSSR count). The number of anilines is 1. The van der Waals surface area contributed by atoms with Gasteiger partial charge in [0.2, 0.25) is 0 Å². The molecule has 0 saturated heterocycles. The number of amides is 3. The zero-order valence-corrected chi connectivity index (χ0v) is 14.2. The SMILES string of the molecule is CN(C)C(=O)OC1=CC=CN(C)/C1=C\N=NC(=O)Nc1ccccc1. The number of hydrogen-bond donors (Lipinski definition) is 1. The van der Waals surface area contributed by atoms with Crippen LogP contribution in [-0.4, -0.2) is 43.1 Å². The lowest BCUT2D eigenvalue weighted by Gasteiger charge is -2.23. The fourth-order valence-electron chi connectivity index (χ4n) is 1.83. The first kappa shape index (κ1) is 17.9. The third kappa shape index (κ3) is 5.31. The van der Waals surface area contributed by atoms with E-state index < -0.39 is 12.1 Å². The largest absolute Gasteiger partial charge is 0.414 e. The molecule has 1 heterocycles. The van der Waals surface area contributed by atoms with E-state index in [0.717, 1.165) is 0 Å². The van der Waals surface area contributed by atoms with Gasteiger partial charge in [-0.25, -0.2) is 9.59 Å². The minimum atomic E-state index is -0.604. The molecule has 1 aromatic carbocycles. The van der Waals surface area contributed by atoms with E-state index in [2.05, 4.69) is 15.5 Å². The van der Waals surface area contributed by atoms with E-state index in [0.29, 0.717) is 17.1 Å². The highest BCUT2D eigenvalue weighted by Gasteiger charge is 2.17. The summed E-state index contributed by atoms with van der Waals surface area (Å²) >= 11 is 0. The summed E-state index contributed by atoms with van der Waals surface area (Å²) in [6, 6.07) is 8.33. The number of hydrogen-bond acceptors (Lipinski definition) is 5. The van der Waals surface area contributed by atoms with E-state index in [1.165, 1.54) is 11.1 Å². The lowest BCUT2D eigenvalue weighted by molar-refractivity contribution is 0.145. The fraction of sp³-hybridized carbons (Fsp3) is 0.176. The van der Waals surface area contributed by atoms with Gasteiger partial charge in [0.1, 0.15) is 5.70 Å². The first-order valence-corrected chi connectivity index (χ1v) is 7.45. The monoisotopic (exact) mass is 341 g/mol. The zero-order valence-electron chi connectivity index (χ0n) is 14.2. The molecule has 8 nitrogen and oxygen atoms in total. The van der Waals surface area contributed by atoms with Crippen LogP contribution >= 0.6 is 0 Å². The van der Waals surface area contributed by atoms with E-state index in [1.54, 1.807) is 68.7 Å². The molecule has 0 bridgehead atoms. The maximum Gasteiger partial charge on any atom is 0.414 e. The second kappa shape index (κ2) is 8.44. The van der Waals surface area contributed by atoms with Gasteiger partial charge in [-0.2, -0.15) is 5.11 Å². The number of ether oxygens (including phenoxy) is 1. The fourth-order valence-corrected chi connectivity index (χ4v) is 1.83. The van der Waals surface area contributed by atoms with E-state index in [1.807, 2.05) is 6.07 Å². The normalized spacial score (nSPS) is 15.2. The van der Waals surface area contributed by atoms with Crippen molar-refractivity contribution in [3.63, 3.8) is 0 Å². The van der Waals surface area contributed by atoms with Crippen LogP contribution in [0, 0.1) is 0 Å². The maximum atomic E-state index is 11.7. The molecule has 0 radical (unpaired) electrons. The van der Waals surface area contributed by atoms with Crippen molar-refractivity contribution >= 4 is 17.8 Å². The van der Waals surface area contributed by atoms with Crippen molar-refractivity contribution in [3.8, 4) is 0 Å². The summed E-state index contributed by atoms with van der Waals surface area (Å²) in [6.45, 7) is 0. The van der Waals surface area contributed by atoms with E-state index >= 15 is 0 Å². The van der Waals surface area contributed by atoms with Crippen molar-refractivity contribution in [2.45, 2.75) is 0 Å². The second-order valence-electron chi connectivity index (χ2n) is 5.27. The Morgan fingerprint density at radius 3 is 2.64 bits per heavy atom. The number of azo groups is 1. The van der Waals surface area contributed by atoms with Gasteiger partial charge in [-0.15, -0.1) is 0 Å². The molecule has 1 N–H and O–H groups in total. The number of carbonyl (C=O) groups excluding carboxylic acids is 2. The third-order valence-corrected chi connectivity index (χ3v) is 3.11. The van der Waals surface area contributed by atoms with Crippen molar-refractivity contribution < 1.29 is 14.3 Å². The highest BCUT2D eigenvalue weighted by Crippen LogP contribution is 2.21. The smallest absolute Gasteiger partial charge is 0.408 e. The maximum absolute atomic E-state index is 11.7. The van der Waals surface area contributed by atoms with Crippen LogP contribution < -0.4 is 5.32 Å². The number of rotatable bonds is 3. The van der Waals surface area contributed by atoms with Gasteiger partial charge in [0.05, 0.1) is 6.20 Å². The Labute approximate surface area is 145 Å². The van der Waals surface area contributed by atoms with Gasteiger partial charge in [0, 0.05) is 33.0 Å². The lowest BCUT2D eigenvalue weighted by Crippen LogP contribution is -2.25. The van der Waals surface area contributed by atoms with Crippen molar-refractivity contribution in [2.24, 2.45) is 10.2 Å². The summed E-state index contributed by atoms with van der Waals surface area (Å²) in [6.07, 6.45) is 5.96. The van der Waals surface area contributed by atoms with Crippen molar-refractivity contribution in [1.82, 2.24) is 9.80 Å². The summed E-state index contributed by atoms with van der Waals surface area (Å²) in [5.74, 6) is 0.311. The van der Waals surface area contributed by atoms with Gasteiger partial charge in [-0.05, 0) is 24.3 Å². The van der Waals surface area contributed by atoms with Gasteiger partial charge in [0.15, 0.2) is 5.76 Å². The summed E-state index contributed by atoms with van der Waals surface area (Å²) in [4.78, 5) is 26.5. The van der Waals surface area contributed by atoms with Crippen LogP contribution in [0.25, 0.3) is 0 Å². The first-order valence-electron chi connectivity index (χ1n) is 7.45. The molecule has 0 aliphatic carbocycles. The second-order valence-corrected chi connectivity index (χ2v) is 5.27. The van der Waals surface area contributed by atoms with Crippen LogP contribution in [-0.2, 0) is 4.74 Å². The molecule has 1 aliphatic heterocycles. The Morgan fingerprint density at radius 1 is 1.24 bits per heavy atom. The molecule has 3 amide bonds. The highest BCUT2D eigenvalue weighted by atomic mass is 16.6. The van der Waals surface area contributed by atoms with Gasteiger partial charge in [0.25, 0.3) is 0 Å². The molecule has 1 aliphatic rings. The van der Waals surface area contributed by atoms with Gasteiger partial charge in [-0.1, -0.05) is 23.3 Å². The molecule has 0 fully saturated rings. The van der Waals surface area contributed by atoms with Crippen molar-refractivity contribution in [3.05, 3.63) is 66.3 Å². The van der Waals surface area contributed by atoms with Gasteiger partial charge in [-0.3, -0.25) is 0 Å². The van der Waals surface area contributed by atoms with E-state index in [-0.39, 0.29) is 0 Å². The minimum Gasteiger partial charge on any atom is -0.408 e. The summed E-state index contributed by atoms with van der Waals surface area (Å²) in [7, 11) is 4.93. The number of allylic oxidation sites excluding steroid dienone is 2. The standard InChI is InChI=1S/C17H19N5O3/c1-21(2)17(24)25-15-10-7-11-22(3)14(15)12-18-20-16(23)19-13-8-5-4-6-9-13/h4-12H,1-3H3,(H,19,23)/b14-12-,20-18?. The van der Waals surface area contributed by atoms with Crippen LogP contribution in [0.3, 0.4) is 0 Å². The molecule has 0 aromatic heterocycles. The Hall–Kier alpha value is -3.42. The number of nitrogens with one attached hydrogen (secondary N) is 1. The molecule has 8 heteroatoms. The van der Waals surface area contributed by atoms with Crippen molar-refractivity contribution in [2.75, 3.05) is 26.5 Å². The molecule has 0 saturated carbocycles. The van der Waals surface area contributed by atoms with Crippen LogP contribution in [0.15, 0.2) is 76.6 Å². The molecule has 1 aromatic rings. The number of para-hydroxylation sites is 1. The topological polar surface area (TPSA) is 86.6 Å². The zero-order chi connectivity index (χ0) is 18.2. The average Bonchev–Trinajstić information content (AvgIpc) is 2.58. The summed E-state index contributed by atoms with van der Waals surface area (Å²) < 4.78 is 5.27. The molecular weight excluding hydrogens is 322 g/mol. The Kier molecular flexibility index (Phi) is 6.05. The van der Waals surface area contributed by atoms with E-state index in [9.17, 15) is 9.59 Å². The first-order chi connectivity index (χ1) is 12.0. The minimum absolute atomic E-state index is 0.311. The number of nitrogens with zero attached hydrogens (tertiary/aromatic N) is 4. The summed E-state index contributed by atoms with van der Waals surface area (Å²) in [5.41, 5.74) is 1.12. The Balaban J connectivity index is 2.06. The molecule has 130 valence electrons. The Morgan fingerprint density at radius 2 is 1.96 bits per heavy atom. The number of likely N-dealkylation sites (N-methyl/N-ethyl adjacent to an activating group) is 1. The molecule has 0 unspecified atom stereocenters. The summed E-state index contributed by atoms with van der Waals surface area (Å²) in [5, 5.41) is 9.93. The van der Waals surface area contributed by atoms with Crippen LogP contribution in [0.1, 0.15) is 0 Å². The van der Waals surface area contributed by atoms with Crippen LogP contribution in [0.4, 0.5) is 15.3 Å². The van der Waals surface area contributed by atoms with Crippen LogP contribution in [0.2, 0.25) is 0 Å². The number of benzene rings is 1. The highest BCUT2D eigenvalue weighted by molar-refractivity contribution is 5.89. The van der Waals surface area contributed by atoms with Crippen molar-refractivity contribution in [1.29, 1.82) is 0 Å². The lowest BCUT2D eigenvalue weighted by atomic mass is 10.2. The molecular formula is C17H19N5O3. The van der Waals surface area contributed by atoms with E-state index in [4.69, 9.17) is 4.74 Å². The van der Waals surface area contributed by atoms with Crippen LogP contribution in [0.5, 0.6) is 0 Å². The molecule has 0 atom stereocenters. The number of carbonyl (C=O) groups is 2. The average molecular weight is 341 g/mol. The Bertz CT molecular complexity index is 751. The molecule has 0 spiro atoms. The third-order valence-electron chi connectivity index (χ3n) is 3.11. The number of urea groups is 1. The molecule has 25 heavy (non-hydrogen) atoms. The quantitative estimate of drug-likeness (QED) is 0.852. The van der Waals surface area contributed by atoms with Gasteiger partial charge >= 0.3 is 12.1 Å². The predicted molar refractivity (Wildman–Crippen MR) is 93.6 cm³/mol. The van der Waals surface area contributed by atoms with Gasteiger partial charge < -0.3 is 19.9 Å².